The molecule has 0 bridgehead atoms. The zero-order valence-electron chi connectivity index (χ0n) is 20.6. The topological polar surface area (TPSA) is 65.0 Å². The zero-order valence-corrected chi connectivity index (χ0v) is 22.2. The molecule has 1 heterocycles. The fourth-order valence-corrected chi connectivity index (χ4v) is 6.03. The van der Waals surface area contributed by atoms with Crippen LogP contribution in [0.2, 0.25) is 5.02 Å². The highest BCUT2D eigenvalue weighted by molar-refractivity contribution is 7.53. The van der Waals surface area contributed by atoms with E-state index in [1.54, 1.807) is 18.2 Å². The van der Waals surface area contributed by atoms with Gasteiger partial charge in [0.25, 0.3) is 0 Å². The molecule has 1 N–H and O–H groups in total. The van der Waals surface area contributed by atoms with E-state index in [0.717, 1.165) is 34.2 Å². The number of aryl methyl sites for hydroxylation is 2. The molecule has 3 aromatic carbocycles. The Morgan fingerprint density at radius 1 is 1.09 bits per heavy atom. The van der Waals surface area contributed by atoms with Gasteiger partial charge in [0.15, 0.2) is 6.35 Å². The van der Waals surface area contributed by atoms with Gasteiger partial charge in [-0.05, 0) is 89.9 Å². The number of hydrogen-bond donors (Lipinski definition) is 1. The van der Waals surface area contributed by atoms with Crippen molar-refractivity contribution in [3.8, 4) is 11.5 Å². The Hall–Kier alpha value is -2.30. The quantitative estimate of drug-likeness (QED) is 0.323. The van der Waals surface area contributed by atoms with Crippen LogP contribution in [-0.2, 0) is 20.0 Å². The van der Waals surface area contributed by atoms with Crippen molar-refractivity contribution in [1.29, 1.82) is 0 Å². The first-order valence-corrected chi connectivity index (χ1v) is 14.0. The first-order valence-electron chi connectivity index (χ1n) is 11.9. The van der Waals surface area contributed by atoms with Crippen LogP contribution in [0, 0.1) is 13.8 Å². The summed E-state index contributed by atoms with van der Waals surface area (Å²) in [4.78, 5) is 0. The summed E-state index contributed by atoms with van der Waals surface area (Å²) in [5, 5.41) is 10.8. The Bertz CT molecular complexity index is 1220. The van der Waals surface area contributed by atoms with Crippen LogP contribution >= 0.6 is 19.2 Å². The highest BCUT2D eigenvalue weighted by atomic mass is 35.5. The summed E-state index contributed by atoms with van der Waals surface area (Å²) < 4.78 is 30.5. The average Bonchev–Trinajstić information content (AvgIpc) is 2.81. The lowest BCUT2D eigenvalue weighted by Gasteiger charge is -2.30. The van der Waals surface area contributed by atoms with Crippen molar-refractivity contribution in [1.82, 2.24) is 0 Å². The van der Waals surface area contributed by atoms with Crippen LogP contribution in [-0.4, -0.2) is 18.1 Å². The lowest BCUT2D eigenvalue weighted by Crippen LogP contribution is -2.17. The summed E-state index contributed by atoms with van der Waals surface area (Å²) in [5.74, 6) is 1.22. The number of phenolic OH excluding ortho intramolecular Hbond substituents is 1. The minimum absolute atomic E-state index is 0.148. The van der Waals surface area contributed by atoms with E-state index in [1.165, 1.54) is 5.56 Å². The van der Waals surface area contributed by atoms with Crippen molar-refractivity contribution in [2.24, 2.45) is 0 Å². The predicted molar refractivity (Wildman–Crippen MR) is 140 cm³/mol. The molecule has 186 valence electrons. The van der Waals surface area contributed by atoms with Crippen molar-refractivity contribution in [2.45, 2.75) is 52.6 Å². The fraction of sp³-hybridized carbons (Fsp3) is 0.357. The van der Waals surface area contributed by atoms with Crippen LogP contribution in [0.3, 0.4) is 0 Å². The van der Waals surface area contributed by atoms with Crippen molar-refractivity contribution < 1.29 is 23.5 Å². The normalized spacial score (nSPS) is 20.2. The molecule has 5 nitrogen and oxygen atoms in total. The molecular weight excluding hydrogens is 483 g/mol. The smallest absolute Gasteiger partial charge is 0.368 e. The van der Waals surface area contributed by atoms with Gasteiger partial charge in [-0.2, -0.15) is 0 Å². The lowest BCUT2D eigenvalue weighted by atomic mass is 9.93. The third kappa shape index (κ3) is 6.29. The minimum Gasteiger partial charge on any atom is -0.508 e. The molecule has 35 heavy (non-hydrogen) atoms. The van der Waals surface area contributed by atoms with E-state index in [1.807, 2.05) is 44.2 Å². The van der Waals surface area contributed by atoms with Crippen molar-refractivity contribution in [2.75, 3.05) is 13.0 Å². The van der Waals surface area contributed by atoms with E-state index in [-0.39, 0.29) is 18.4 Å². The number of benzene rings is 3. The maximum absolute atomic E-state index is 13.2. The highest BCUT2D eigenvalue weighted by Gasteiger charge is 2.35. The molecule has 0 spiro atoms. The van der Waals surface area contributed by atoms with Gasteiger partial charge < -0.3 is 14.4 Å². The summed E-state index contributed by atoms with van der Waals surface area (Å²) in [6.07, 6.45) is 0.910. The Balaban J connectivity index is 1.44. The molecule has 2 atom stereocenters. The molecule has 0 amide bonds. The van der Waals surface area contributed by atoms with Crippen LogP contribution in [0.25, 0.3) is 0 Å². The molecule has 1 fully saturated rings. The second-order valence-electron chi connectivity index (χ2n) is 9.41. The predicted octanol–water partition coefficient (Wildman–Crippen LogP) is 8.08. The number of phenols is 1. The monoisotopic (exact) mass is 514 g/mol. The van der Waals surface area contributed by atoms with Gasteiger partial charge in [0, 0.05) is 11.4 Å². The van der Waals surface area contributed by atoms with Crippen molar-refractivity contribution in [3.05, 3.63) is 93.0 Å². The van der Waals surface area contributed by atoms with Gasteiger partial charge in [-0.25, -0.2) is 0 Å². The molecule has 7 heteroatoms. The standard InChI is InChI=1S/C28H32ClO5P/c1-18(2)25-15-21(5-10-27(25)30)16-26-19(3)13-24(14-20(26)4)32-17-35(31)33-12-11-28(34-35)22-6-8-23(29)9-7-22/h5-10,13-15,18,28,30H,11-12,16-17H2,1-4H3/t28-,35-/m0/s1. The molecule has 0 unspecified atom stereocenters. The Morgan fingerprint density at radius 3 is 2.43 bits per heavy atom. The molecule has 0 aromatic heterocycles. The number of rotatable bonds is 7. The second kappa shape index (κ2) is 10.8. The summed E-state index contributed by atoms with van der Waals surface area (Å²) in [6, 6.07) is 17.1. The Kier molecular flexibility index (Phi) is 7.92. The minimum atomic E-state index is -3.41. The lowest BCUT2D eigenvalue weighted by molar-refractivity contribution is 0.0725. The molecule has 0 aliphatic carbocycles. The van der Waals surface area contributed by atoms with Gasteiger partial charge in [-0.1, -0.05) is 49.7 Å². The third-order valence-corrected chi connectivity index (χ3v) is 8.20. The van der Waals surface area contributed by atoms with Crippen LogP contribution in [0.15, 0.2) is 54.6 Å². The van der Waals surface area contributed by atoms with Crippen LogP contribution in [0.1, 0.15) is 65.7 Å². The maximum Gasteiger partial charge on any atom is 0.368 e. The summed E-state index contributed by atoms with van der Waals surface area (Å²) >= 11 is 5.98. The van der Waals surface area contributed by atoms with Crippen LogP contribution < -0.4 is 4.74 Å². The first-order chi connectivity index (χ1) is 16.6. The molecule has 0 radical (unpaired) electrons. The molecular formula is C28H32ClO5P. The van der Waals surface area contributed by atoms with E-state index in [4.69, 9.17) is 25.4 Å². The number of hydrogen-bond acceptors (Lipinski definition) is 5. The average molecular weight is 515 g/mol. The van der Waals surface area contributed by atoms with Gasteiger partial charge in [-0.15, -0.1) is 0 Å². The van der Waals surface area contributed by atoms with E-state index >= 15 is 0 Å². The van der Waals surface area contributed by atoms with Gasteiger partial charge >= 0.3 is 7.60 Å². The maximum atomic E-state index is 13.2. The van der Waals surface area contributed by atoms with Crippen LogP contribution in [0.5, 0.6) is 11.5 Å². The van der Waals surface area contributed by atoms with E-state index in [0.29, 0.717) is 29.5 Å². The molecule has 1 aliphatic rings. The van der Waals surface area contributed by atoms with Crippen molar-refractivity contribution in [3.63, 3.8) is 0 Å². The number of halogens is 1. The van der Waals surface area contributed by atoms with Crippen LogP contribution in [0.4, 0.5) is 0 Å². The molecule has 1 aliphatic heterocycles. The second-order valence-corrected chi connectivity index (χ2v) is 11.8. The summed E-state index contributed by atoms with van der Waals surface area (Å²) in [5.41, 5.74) is 6.39. The van der Waals surface area contributed by atoms with E-state index in [9.17, 15) is 9.67 Å². The van der Waals surface area contributed by atoms with E-state index < -0.39 is 7.60 Å². The largest absolute Gasteiger partial charge is 0.508 e. The number of ether oxygens (including phenoxy) is 1. The highest BCUT2D eigenvalue weighted by Crippen LogP contribution is 2.56. The SMILES string of the molecule is Cc1cc(OC[P@]2(=O)OCC[C@@H](c3ccc(Cl)cc3)O2)cc(C)c1Cc1ccc(O)c(C(C)C)c1. The fourth-order valence-electron chi connectivity index (χ4n) is 4.40. The first kappa shape index (κ1) is 25.8. The Morgan fingerprint density at radius 2 is 1.77 bits per heavy atom. The molecule has 1 saturated heterocycles. The van der Waals surface area contributed by atoms with Gasteiger partial charge in [-0.3, -0.25) is 9.09 Å². The molecule has 0 saturated carbocycles. The molecule has 4 rings (SSSR count). The zero-order chi connectivity index (χ0) is 25.2. The summed E-state index contributed by atoms with van der Waals surface area (Å²) in [7, 11) is -3.41. The van der Waals surface area contributed by atoms with E-state index in [2.05, 4.69) is 19.9 Å². The Labute approximate surface area is 212 Å². The van der Waals surface area contributed by atoms with Crippen molar-refractivity contribution >= 4 is 19.2 Å². The number of aromatic hydroxyl groups is 1. The third-order valence-electron chi connectivity index (χ3n) is 6.35. The van der Waals surface area contributed by atoms with Gasteiger partial charge in [0.2, 0.25) is 0 Å². The molecule has 3 aromatic rings. The summed E-state index contributed by atoms with van der Waals surface area (Å²) in [6.45, 7) is 8.58. The van der Waals surface area contributed by atoms with Gasteiger partial charge in [0.05, 0.1) is 12.7 Å². The van der Waals surface area contributed by atoms with Gasteiger partial charge in [0.1, 0.15) is 11.5 Å².